The number of hydrogen-bond donors (Lipinski definition) is 1. The maximum absolute atomic E-state index is 12.9. The molecule has 2 N–H and O–H groups in total. The smallest absolute Gasteiger partial charge is 0.230 e. The Morgan fingerprint density at radius 2 is 2.11 bits per heavy atom. The molecule has 4 heteroatoms. The summed E-state index contributed by atoms with van der Waals surface area (Å²) in [5.41, 5.74) is 6.39. The molecular weight excluding hydrogens is 256 g/mol. The van der Waals surface area contributed by atoms with E-state index in [-0.39, 0.29) is 11.9 Å². The fourth-order valence-corrected chi connectivity index (χ4v) is 3.16. The van der Waals surface area contributed by atoms with Crippen LogP contribution in [0.25, 0.3) is 0 Å². The first-order valence-corrected chi connectivity index (χ1v) is 7.81. The van der Waals surface area contributed by atoms with Crippen molar-refractivity contribution in [1.82, 2.24) is 4.90 Å². The Labute approximate surface area is 119 Å². The molecule has 1 aromatic rings. The lowest BCUT2D eigenvalue weighted by molar-refractivity contribution is -0.144. The lowest BCUT2D eigenvalue weighted by Crippen LogP contribution is -2.56. The minimum atomic E-state index is -0.550. The van der Waals surface area contributed by atoms with E-state index in [2.05, 4.69) is 16.8 Å². The van der Waals surface area contributed by atoms with E-state index in [0.717, 1.165) is 19.4 Å². The molecule has 106 valence electrons. The van der Waals surface area contributed by atoms with Crippen LogP contribution in [0.4, 0.5) is 0 Å². The van der Waals surface area contributed by atoms with Gasteiger partial charge in [-0.3, -0.25) is 4.79 Å². The number of thiophene rings is 1. The number of nitrogens with zero attached hydrogens (tertiary/aromatic N) is 1. The molecule has 0 radical (unpaired) electrons. The van der Waals surface area contributed by atoms with Gasteiger partial charge in [0.15, 0.2) is 0 Å². The highest BCUT2D eigenvalue weighted by Crippen LogP contribution is 2.39. The molecule has 1 saturated heterocycles. The first-order valence-electron chi connectivity index (χ1n) is 6.87. The average Bonchev–Trinajstić information content (AvgIpc) is 2.96. The maximum atomic E-state index is 12.9. The van der Waals surface area contributed by atoms with Crippen LogP contribution in [0.5, 0.6) is 0 Å². The number of nitrogens with two attached hydrogens (primary N) is 1. The molecule has 1 aromatic heterocycles. The van der Waals surface area contributed by atoms with Crippen LogP contribution >= 0.6 is 11.3 Å². The third kappa shape index (κ3) is 2.56. The van der Waals surface area contributed by atoms with Gasteiger partial charge < -0.3 is 10.6 Å². The molecule has 0 saturated carbocycles. The largest absolute Gasteiger partial charge is 0.335 e. The minimum absolute atomic E-state index is 0.175. The van der Waals surface area contributed by atoms with E-state index < -0.39 is 11.0 Å². The number of rotatable bonds is 3. The monoisotopic (exact) mass is 280 g/mol. The van der Waals surface area contributed by atoms with Crippen molar-refractivity contribution in [3.63, 3.8) is 0 Å². The van der Waals surface area contributed by atoms with E-state index >= 15 is 0 Å². The molecule has 1 unspecified atom stereocenters. The highest BCUT2D eigenvalue weighted by atomic mass is 32.1. The van der Waals surface area contributed by atoms with Crippen LogP contribution in [-0.4, -0.2) is 22.9 Å². The van der Waals surface area contributed by atoms with Crippen molar-refractivity contribution >= 4 is 17.2 Å². The topological polar surface area (TPSA) is 46.3 Å². The van der Waals surface area contributed by atoms with Crippen LogP contribution in [0.1, 0.15) is 52.1 Å². The van der Waals surface area contributed by atoms with Crippen molar-refractivity contribution in [3.05, 3.63) is 22.4 Å². The Bertz CT molecular complexity index is 445. The van der Waals surface area contributed by atoms with Gasteiger partial charge in [-0.1, -0.05) is 0 Å². The fourth-order valence-electron chi connectivity index (χ4n) is 2.46. The predicted octanol–water partition coefficient (Wildman–Crippen LogP) is 3.18. The lowest BCUT2D eigenvalue weighted by Gasteiger charge is -2.41. The van der Waals surface area contributed by atoms with Gasteiger partial charge >= 0.3 is 0 Å². The Kier molecular flexibility index (Phi) is 3.76. The molecule has 0 bridgehead atoms. The summed E-state index contributed by atoms with van der Waals surface area (Å²) >= 11 is 1.69. The number of amides is 1. The highest BCUT2D eigenvalue weighted by molar-refractivity contribution is 7.07. The number of likely N-dealkylation sites (tertiary alicyclic amines) is 1. The van der Waals surface area contributed by atoms with E-state index in [1.54, 1.807) is 11.3 Å². The second-order valence-corrected chi connectivity index (χ2v) is 7.34. The van der Waals surface area contributed by atoms with Crippen molar-refractivity contribution in [2.45, 2.75) is 52.1 Å². The van der Waals surface area contributed by atoms with Crippen molar-refractivity contribution in [1.29, 1.82) is 0 Å². The van der Waals surface area contributed by atoms with Crippen LogP contribution in [-0.2, 0) is 4.79 Å². The third-order valence-electron chi connectivity index (χ3n) is 4.59. The van der Waals surface area contributed by atoms with Gasteiger partial charge in [0.25, 0.3) is 0 Å². The van der Waals surface area contributed by atoms with Crippen LogP contribution < -0.4 is 5.73 Å². The molecular formula is C15H24N2OS. The second kappa shape index (κ2) is 4.91. The lowest BCUT2D eigenvalue weighted by atomic mass is 9.74. The standard InChI is InChI=1S/C15H24N2OS/c1-14(2,15(3,4)16)13(18)17-8-5-6-12(17)11-7-9-19-10-11/h7,9-10,12H,5-6,8,16H2,1-4H3. The molecule has 1 amide bonds. The zero-order valence-electron chi connectivity index (χ0n) is 12.3. The Morgan fingerprint density at radius 3 is 2.63 bits per heavy atom. The van der Waals surface area contributed by atoms with Gasteiger partial charge in [0.05, 0.1) is 11.5 Å². The van der Waals surface area contributed by atoms with Crippen molar-refractivity contribution in [2.24, 2.45) is 11.1 Å². The first kappa shape index (κ1) is 14.5. The predicted molar refractivity (Wildman–Crippen MR) is 80.1 cm³/mol. The molecule has 3 nitrogen and oxygen atoms in total. The normalized spacial score (nSPS) is 20.9. The molecule has 0 aliphatic carbocycles. The molecule has 1 atom stereocenters. The fraction of sp³-hybridized carbons (Fsp3) is 0.667. The summed E-state index contributed by atoms with van der Waals surface area (Å²) in [6.45, 7) is 8.62. The molecule has 0 spiro atoms. The molecule has 1 aliphatic rings. The summed E-state index contributed by atoms with van der Waals surface area (Å²) in [4.78, 5) is 14.9. The number of carbonyl (C=O) groups is 1. The van der Waals surface area contributed by atoms with Gasteiger partial charge in [0, 0.05) is 12.1 Å². The van der Waals surface area contributed by atoms with Crippen LogP contribution in [0.3, 0.4) is 0 Å². The van der Waals surface area contributed by atoms with Gasteiger partial charge in [-0.05, 0) is 62.9 Å². The van der Waals surface area contributed by atoms with Crippen molar-refractivity contribution < 1.29 is 4.79 Å². The zero-order valence-corrected chi connectivity index (χ0v) is 13.1. The van der Waals surface area contributed by atoms with Crippen LogP contribution in [0.15, 0.2) is 16.8 Å². The number of carbonyl (C=O) groups excluding carboxylic acids is 1. The molecule has 1 aliphatic heterocycles. The van der Waals surface area contributed by atoms with Gasteiger partial charge in [-0.2, -0.15) is 11.3 Å². The summed E-state index contributed by atoms with van der Waals surface area (Å²) in [5.74, 6) is 0.175. The van der Waals surface area contributed by atoms with E-state index in [4.69, 9.17) is 5.73 Å². The Hall–Kier alpha value is -0.870. The van der Waals surface area contributed by atoms with E-state index in [1.165, 1.54) is 5.56 Å². The van der Waals surface area contributed by atoms with Gasteiger partial charge in [0.1, 0.15) is 0 Å². The van der Waals surface area contributed by atoms with E-state index in [9.17, 15) is 4.79 Å². The van der Waals surface area contributed by atoms with Crippen molar-refractivity contribution in [3.8, 4) is 0 Å². The molecule has 2 heterocycles. The maximum Gasteiger partial charge on any atom is 0.230 e. The van der Waals surface area contributed by atoms with E-state index in [1.807, 2.05) is 32.6 Å². The number of hydrogen-bond acceptors (Lipinski definition) is 3. The summed E-state index contributed by atoms with van der Waals surface area (Å²) in [7, 11) is 0. The summed E-state index contributed by atoms with van der Waals surface area (Å²) < 4.78 is 0. The molecule has 2 rings (SSSR count). The zero-order chi connectivity index (χ0) is 14.3. The molecule has 0 aromatic carbocycles. The highest BCUT2D eigenvalue weighted by Gasteiger charge is 2.45. The Morgan fingerprint density at radius 1 is 1.42 bits per heavy atom. The molecule has 19 heavy (non-hydrogen) atoms. The quantitative estimate of drug-likeness (QED) is 0.924. The summed E-state index contributed by atoms with van der Waals surface area (Å²) in [6, 6.07) is 2.36. The van der Waals surface area contributed by atoms with Crippen LogP contribution in [0, 0.1) is 5.41 Å². The molecule has 1 fully saturated rings. The van der Waals surface area contributed by atoms with Gasteiger partial charge in [-0.15, -0.1) is 0 Å². The van der Waals surface area contributed by atoms with E-state index in [0.29, 0.717) is 0 Å². The van der Waals surface area contributed by atoms with Crippen molar-refractivity contribution in [2.75, 3.05) is 6.54 Å². The van der Waals surface area contributed by atoms with Crippen LogP contribution in [0.2, 0.25) is 0 Å². The van der Waals surface area contributed by atoms with Gasteiger partial charge in [0.2, 0.25) is 5.91 Å². The van der Waals surface area contributed by atoms with Gasteiger partial charge in [-0.25, -0.2) is 0 Å². The summed E-state index contributed by atoms with van der Waals surface area (Å²) in [6.07, 6.45) is 2.14. The third-order valence-corrected chi connectivity index (χ3v) is 5.29. The summed E-state index contributed by atoms with van der Waals surface area (Å²) in [5, 5.41) is 4.23. The first-order chi connectivity index (χ1) is 8.75. The second-order valence-electron chi connectivity index (χ2n) is 6.56. The SMILES string of the molecule is CC(C)(N)C(C)(C)C(=O)N1CCCC1c1ccsc1. The Balaban J connectivity index is 2.24. The minimum Gasteiger partial charge on any atom is -0.335 e. The average molecular weight is 280 g/mol.